The van der Waals surface area contributed by atoms with Crippen LogP contribution in [0.25, 0.3) is 32.4 Å². The molecule has 0 radical (unpaired) electrons. The van der Waals surface area contributed by atoms with Gasteiger partial charge in [0.05, 0.1) is 15.6 Å². The van der Waals surface area contributed by atoms with Gasteiger partial charge in [-0.25, -0.2) is 14.4 Å². The molecule has 0 aliphatic carbocycles. The zero-order valence-corrected chi connectivity index (χ0v) is 17.1. The minimum Gasteiger partial charge on any atom is -0.255 e. The van der Waals surface area contributed by atoms with E-state index in [4.69, 9.17) is 4.98 Å². The average molecular weight is 415 g/mol. The van der Waals surface area contributed by atoms with Crippen molar-refractivity contribution in [1.82, 2.24) is 9.97 Å². The Balaban J connectivity index is 1.86. The van der Waals surface area contributed by atoms with Crippen molar-refractivity contribution in [1.29, 1.82) is 0 Å². The second-order valence-electron chi connectivity index (χ2n) is 5.93. The summed E-state index contributed by atoms with van der Waals surface area (Å²) in [5.74, 6) is -0.277. The number of thiazole rings is 2. The van der Waals surface area contributed by atoms with E-state index in [9.17, 15) is 8.60 Å². The van der Waals surface area contributed by atoms with Gasteiger partial charge in [0, 0.05) is 32.9 Å². The third kappa shape index (κ3) is 3.76. The summed E-state index contributed by atoms with van der Waals surface area (Å²) in [6, 6.07) is 14.0. The van der Waals surface area contributed by atoms with E-state index in [1.165, 1.54) is 12.1 Å². The van der Waals surface area contributed by atoms with Gasteiger partial charge >= 0.3 is 0 Å². The first-order valence-corrected chi connectivity index (χ1v) is 11.4. The van der Waals surface area contributed by atoms with Gasteiger partial charge in [0.1, 0.15) is 16.5 Å². The monoisotopic (exact) mass is 414 g/mol. The number of aryl methyl sites for hydroxylation is 1. The third-order valence-electron chi connectivity index (χ3n) is 4.03. The van der Waals surface area contributed by atoms with Crippen molar-refractivity contribution in [3.05, 3.63) is 64.7 Å². The average Bonchev–Trinajstić information content (AvgIpc) is 3.29. The predicted octanol–water partition coefficient (Wildman–Crippen LogP) is 5.79. The van der Waals surface area contributed by atoms with Gasteiger partial charge in [0.15, 0.2) is 0 Å². The van der Waals surface area contributed by atoms with Crippen molar-refractivity contribution in [3.8, 4) is 32.4 Å². The molecule has 0 fully saturated rings. The molecule has 0 bridgehead atoms. The molecule has 2 heterocycles. The standard InChI is InChI=1S/C20H15FN2OS3/c1-12-22-17(11-25-12)20-23-18(13-3-7-15(21)8-4-13)19(26-20)14-5-9-16(10-6-14)27(2)24/h3-11H,1-2H3. The first-order valence-electron chi connectivity index (χ1n) is 8.14. The molecule has 1 unspecified atom stereocenters. The van der Waals surface area contributed by atoms with Gasteiger partial charge in [0.2, 0.25) is 0 Å². The van der Waals surface area contributed by atoms with Gasteiger partial charge in [-0.1, -0.05) is 12.1 Å². The summed E-state index contributed by atoms with van der Waals surface area (Å²) in [5, 5.41) is 3.81. The normalized spacial score (nSPS) is 12.3. The molecular formula is C20H15FN2OS3. The Labute approximate surface area is 167 Å². The minimum atomic E-state index is -1.02. The molecule has 3 nitrogen and oxygen atoms in total. The van der Waals surface area contributed by atoms with E-state index in [1.807, 2.05) is 36.6 Å². The molecule has 1 atom stereocenters. The molecule has 2 aromatic carbocycles. The number of hydrogen-bond donors (Lipinski definition) is 0. The van der Waals surface area contributed by atoms with E-state index in [-0.39, 0.29) is 5.82 Å². The summed E-state index contributed by atoms with van der Waals surface area (Å²) in [4.78, 5) is 11.1. The molecule has 7 heteroatoms. The Morgan fingerprint density at radius 1 is 0.963 bits per heavy atom. The number of benzene rings is 2. The summed E-state index contributed by atoms with van der Waals surface area (Å²) in [7, 11) is -1.02. The first kappa shape index (κ1) is 18.2. The number of aromatic nitrogens is 2. The summed E-state index contributed by atoms with van der Waals surface area (Å²) in [5.41, 5.74) is 3.48. The van der Waals surface area contributed by atoms with E-state index in [0.717, 1.165) is 42.3 Å². The smallest absolute Gasteiger partial charge is 0.144 e. The number of rotatable bonds is 4. The lowest BCUT2D eigenvalue weighted by Gasteiger charge is -2.04. The number of halogens is 1. The highest BCUT2D eigenvalue weighted by molar-refractivity contribution is 7.84. The van der Waals surface area contributed by atoms with Crippen LogP contribution in [0.15, 0.2) is 58.8 Å². The summed E-state index contributed by atoms with van der Waals surface area (Å²) < 4.78 is 25.0. The Hall–Kier alpha value is -2.22. The van der Waals surface area contributed by atoms with Crippen LogP contribution in [0.1, 0.15) is 5.01 Å². The van der Waals surface area contributed by atoms with Crippen molar-refractivity contribution in [2.45, 2.75) is 11.8 Å². The molecule has 0 saturated carbocycles. The Morgan fingerprint density at radius 3 is 2.22 bits per heavy atom. The van der Waals surface area contributed by atoms with Crippen molar-refractivity contribution in [2.24, 2.45) is 0 Å². The fraction of sp³-hybridized carbons (Fsp3) is 0.100. The van der Waals surface area contributed by atoms with Crippen LogP contribution < -0.4 is 0 Å². The third-order valence-corrected chi connectivity index (χ3v) is 6.87. The highest BCUT2D eigenvalue weighted by atomic mass is 32.2. The lowest BCUT2D eigenvalue weighted by atomic mass is 10.1. The van der Waals surface area contributed by atoms with Crippen LogP contribution in [0.4, 0.5) is 4.39 Å². The molecule has 0 aliphatic rings. The molecule has 27 heavy (non-hydrogen) atoms. The molecule has 0 spiro atoms. The second-order valence-corrected chi connectivity index (χ2v) is 9.37. The maximum Gasteiger partial charge on any atom is 0.144 e. The zero-order valence-electron chi connectivity index (χ0n) is 14.6. The van der Waals surface area contributed by atoms with Crippen LogP contribution >= 0.6 is 22.7 Å². The second kappa shape index (κ2) is 7.42. The fourth-order valence-corrected chi connectivity index (χ4v) is 4.93. The largest absolute Gasteiger partial charge is 0.255 e. The maximum atomic E-state index is 13.4. The first-order chi connectivity index (χ1) is 13.0. The summed E-state index contributed by atoms with van der Waals surface area (Å²) >= 11 is 3.14. The van der Waals surface area contributed by atoms with Crippen LogP contribution in [-0.4, -0.2) is 20.4 Å². The predicted molar refractivity (Wildman–Crippen MR) is 111 cm³/mol. The van der Waals surface area contributed by atoms with Crippen LogP contribution in [0, 0.1) is 12.7 Å². The van der Waals surface area contributed by atoms with Crippen LogP contribution in [0.3, 0.4) is 0 Å². The molecule has 4 aromatic rings. The Morgan fingerprint density at radius 2 is 1.63 bits per heavy atom. The van der Waals surface area contributed by atoms with Crippen molar-refractivity contribution in [3.63, 3.8) is 0 Å². The van der Waals surface area contributed by atoms with Crippen LogP contribution in [-0.2, 0) is 10.8 Å². The van der Waals surface area contributed by atoms with Gasteiger partial charge < -0.3 is 0 Å². The molecule has 0 saturated heterocycles. The molecule has 4 rings (SSSR count). The highest BCUT2D eigenvalue weighted by Gasteiger charge is 2.17. The fourth-order valence-electron chi connectivity index (χ4n) is 2.69. The molecule has 0 amide bonds. The number of nitrogens with zero attached hydrogens (tertiary/aromatic N) is 2. The van der Waals surface area contributed by atoms with Gasteiger partial charge in [-0.05, 0) is 48.9 Å². The van der Waals surface area contributed by atoms with E-state index in [1.54, 1.807) is 41.1 Å². The van der Waals surface area contributed by atoms with E-state index in [0.29, 0.717) is 0 Å². The lowest BCUT2D eigenvalue weighted by Crippen LogP contribution is -1.87. The van der Waals surface area contributed by atoms with Crippen LogP contribution in [0.5, 0.6) is 0 Å². The minimum absolute atomic E-state index is 0.277. The summed E-state index contributed by atoms with van der Waals surface area (Å²) in [6.45, 7) is 1.97. The van der Waals surface area contributed by atoms with Crippen LogP contribution in [0.2, 0.25) is 0 Å². The molecule has 0 aliphatic heterocycles. The SMILES string of the molecule is Cc1nc(-c2nc(-c3ccc(F)cc3)c(-c3ccc(S(C)=O)cc3)s2)cs1. The van der Waals surface area contributed by atoms with Crippen molar-refractivity contribution < 1.29 is 8.60 Å². The molecular weight excluding hydrogens is 399 g/mol. The number of hydrogen-bond acceptors (Lipinski definition) is 5. The quantitative estimate of drug-likeness (QED) is 0.425. The van der Waals surface area contributed by atoms with E-state index < -0.39 is 10.8 Å². The van der Waals surface area contributed by atoms with E-state index >= 15 is 0 Å². The van der Waals surface area contributed by atoms with Gasteiger partial charge in [-0.3, -0.25) is 4.21 Å². The Bertz CT molecular complexity index is 1120. The van der Waals surface area contributed by atoms with Gasteiger partial charge in [0.25, 0.3) is 0 Å². The lowest BCUT2D eigenvalue weighted by molar-refractivity contribution is 0.628. The van der Waals surface area contributed by atoms with Crippen molar-refractivity contribution in [2.75, 3.05) is 6.26 Å². The zero-order chi connectivity index (χ0) is 19.0. The maximum absolute atomic E-state index is 13.4. The van der Waals surface area contributed by atoms with Gasteiger partial charge in [-0.2, -0.15) is 0 Å². The van der Waals surface area contributed by atoms with E-state index in [2.05, 4.69) is 4.98 Å². The molecule has 136 valence electrons. The van der Waals surface area contributed by atoms with Crippen molar-refractivity contribution >= 4 is 33.5 Å². The van der Waals surface area contributed by atoms with Gasteiger partial charge in [-0.15, -0.1) is 22.7 Å². The molecule has 2 aromatic heterocycles. The summed E-state index contributed by atoms with van der Waals surface area (Å²) in [6.07, 6.45) is 1.66. The topological polar surface area (TPSA) is 42.9 Å². The Kier molecular flexibility index (Phi) is 4.99. The molecule has 0 N–H and O–H groups in total. The highest BCUT2D eigenvalue weighted by Crippen LogP contribution is 2.40.